The first-order valence-corrected chi connectivity index (χ1v) is 8.20. The lowest BCUT2D eigenvalue weighted by Gasteiger charge is -2.31. The van der Waals surface area contributed by atoms with E-state index in [1.165, 1.54) is 0 Å². The zero-order valence-corrected chi connectivity index (χ0v) is 13.1. The van der Waals surface area contributed by atoms with Crippen molar-refractivity contribution < 1.29 is 9.90 Å². The Balaban J connectivity index is 1.86. The molecular formula is C16H30N2O2. The fourth-order valence-corrected chi connectivity index (χ4v) is 3.60. The SMILES string of the molecule is CC(C)C(C)NC(=O)CN1CCCC1C1CCCC1O. The molecule has 1 aliphatic carbocycles. The number of carbonyl (C=O) groups excluding carboxylic acids is 1. The summed E-state index contributed by atoms with van der Waals surface area (Å²) in [7, 11) is 0. The van der Waals surface area contributed by atoms with E-state index in [1.807, 2.05) is 0 Å². The van der Waals surface area contributed by atoms with E-state index in [0.29, 0.717) is 24.4 Å². The monoisotopic (exact) mass is 282 g/mol. The molecule has 2 aliphatic rings. The summed E-state index contributed by atoms with van der Waals surface area (Å²) in [6, 6.07) is 0.633. The number of amides is 1. The van der Waals surface area contributed by atoms with E-state index in [2.05, 4.69) is 31.0 Å². The standard InChI is InChI=1S/C16H30N2O2/c1-11(2)12(3)17-16(20)10-18-9-5-7-14(18)13-6-4-8-15(13)19/h11-15,19H,4-10H2,1-3H3,(H,17,20). The molecule has 1 amide bonds. The van der Waals surface area contributed by atoms with E-state index in [1.54, 1.807) is 0 Å². The van der Waals surface area contributed by atoms with Crippen molar-refractivity contribution in [2.24, 2.45) is 11.8 Å². The predicted octanol–water partition coefficient (Wildman–Crippen LogP) is 1.77. The molecule has 4 atom stereocenters. The number of carbonyl (C=O) groups is 1. The molecule has 116 valence electrons. The third-order valence-corrected chi connectivity index (χ3v) is 5.18. The highest BCUT2D eigenvalue weighted by atomic mass is 16.3. The topological polar surface area (TPSA) is 52.6 Å². The van der Waals surface area contributed by atoms with Crippen molar-refractivity contribution in [1.29, 1.82) is 0 Å². The molecule has 0 aromatic carbocycles. The Kier molecular flexibility index (Phi) is 5.44. The first-order valence-electron chi connectivity index (χ1n) is 8.20. The molecule has 1 heterocycles. The zero-order chi connectivity index (χ0) is 14.7. The van der Waals surface area contributed by atoms with Gasteiger partial charge in [-0.1, -0.05) is 20.3 Å². The number of nitrogens with zero attached hydrogens (tertiary/aromatic N) is 1. The van der Waals surface area contributed by atoms with Crippen LogP contribution < -0.4 is 5.32 Å². The molecular weight excluding hydrogens is 252 g/mol. The van der Waals surface area contributed by atoms with Crippen LogP contribution in [0.5, 0.6) is 0 Å². The maximum atomic E-state index is 12.1. The average molecular weight is 282 g/mol. The third-order valence-electron chi connectivity index (χ3n) is 5.18. The first kappa shape index (κ1) is 15.8. The van der Waals surface area contributed by atoms with Gasteiger partial charge in [0.25, 0.3) is 0 Å². The van der Waals surface area contributed by atoms with Crippen LogP contribution in [0, 0.1) is 11.8 Å². The molecule has 4 nitrogen and oxygen atoms in total. The first-order chi connectivity index (χ1) is 9.49. The van der Waals surface area contributed by atoms with Crippen molar-refractivity contribution in [1.82, 2.24) is 10.2 Å². The molecule has 0 spiro atoms. The lowest BCUT2D eigenvalue weighted by Crippen LogP contribution is -2.46. The number of hydrogen-bond donors (Lipinski definition) is 2. The van der Waals surface area contributed by atoms with Crippen LogP contribution in [0.4, 0.5) is 0 Å². The van der Waals surface area contributed by atoms with Gasteiger partial charge in [-0.3, -0.25) is 9.69 Å². The maximum absolute atomic E-state index is 12.1. The van der Waals surface area contributed by atoms with Crippen LogP contribution >= 0.6 is 0 Å². The number of rotatable bonds is 5. The molecule has 0 radical (unpaired) electrons. The smallest absolute Gasteiger partial charge is 0.234 e. The summed E-state index contributed by atoms with van der Waals surface area (Å²) in [4.78, 5) is 14.4. The van der Waals surface area contributed by atoms with E-state index < -0.39 is 0 Å². The van der Waals surface area contributed by atoms with Crippen LogP contribution in [0.25, 0.3) is 0 Å². The van der Waals surface area contributed by atoms with Gasteiger partial charge in [0.05, 0.1) is 12.6 Å². The van der Waals surface area contributed by atoms with Gasteiger partial charge in [-0.25, -0.2) is 0 Å². The highest BCUT2D eigenvalue weighted by molar-refractivity contribution is 5.78. The van der Waals surface area contributed by atoms with Gasteiger partial charge < -0.3 is 10.4 Å². The van der Waals surface area contributed by atoms with Crippen molar-refractivity contribution in [3.8, 4) is 0 Å². The molecule has 0 aromatic heterocycles. The van der Waals surface area contributed by atoms with Crippen molar-refractivity contribution in [3.63, 3.8) is 0 Å². The summed E-state index contributed by atoms with van der Waals surface area (Å²) in [6.07, 6.45) is 5.32. The molecule has 0 aromatic rings. The number of hydrogen-bond acceptors (Lipinski definition) is 3. The minimum atomic E-state index is -0.154. The minimum Gasteiger partial charge on any atom is -0.393 e. The van der Waals surface area contributed by atoms with E-state index in [0.717, 1.165) is 38.6 Å². The molecule has 4 heteroatoms. The molecule has 1 aliphatic heterocycles. The summed E-state index contributed by atoms with van der Waals surface area (Å²) in [5.74, 6) is 0.975. The Morgan fingerprint density at radius 3 is 2.60 bits per heavy atom. The molecule has 4 unspecified atom stereocenters. The largest absolute Gasteiger partial charge is 0.393 e. The van der Waals surface area contributed by atoms with Gasteiger partial charge in [0, 0.05) is 18.0 Å². The van der Waals surface area contributed by atoms with E-state index in [4.69, 9.17) is 0 Å². The number of nitrogens with one attached hydrogen (secondary N) is 1. The van der Waals surface area contributed by atoms with Gasteiger partial charge in [-0.15, -0.1) is 0 Å². The summed E-state index contributed by atoms with van der Waals surface area (Å²) >= 11 is 0. The minimum absolute atomic E-state index is 0.130. The summed E-state index contributed by atoms with van der Waals surface area (Å²) in [5, 5.41) is 13.2. The van der Waals surface area contributed by atoms with E-state index in [-0.39, 0.29) is 18.1 Å². The third kappa shape index (κ3) is 3.73. The predicted molar refractivity (Wildman–Crippen MR) is 80.4 cm³/mol. The second-order valence-electron chi connectivity index (χ2n) is 6.94. The Morgan fingerprint density at radius 1 is 1.25 bits per heavy atom. The quantitative estimate of drug-likeness (QED) is 0.808. The van der Waals surface area contributed by atoms with Crippen LogP contribution in [-0.2, 0) is 4.79 Å². The van der Waals surface area contributed by atoms with Gasteiger partial charge in [0.1, 0.15) is 0 Å². The van der Waals surface area contributed by atoms with E-state index in [9.17, 15) is 9.90 Å². The molecule has 1 saturated heterocycles. The maximum Gasteiger partial charge on any atom is 0.234 e. The van der Waals surface area contributed by atoms with Crippen molar-refractivity contribution >= 4 is 5.91 Å². The molecule has 1 saturated carbocycles. The molecule has 2 N–H and O–H groups in total. The number of likely N-dealkylation sites (tertiary alicyclic amines) is 1. The fourth-order valence-electron chi connectivity index (χ4n) is 3.60. The van der Waals surface area contributed by atoms with Crippen molar-refractivity contribution in [2.45, 2.75) is 71.1 Å². The van der Waals surface area contributed by atoms with Crippen LogP contribution in [-0.4, -0.2) is 47.2 Å². The zero-order valence-electron chi connectivity index (χ0n) is 13.1. The van der Waals surface area contributed by atoms with Crippen LogP contribution in [0.2, 0.25) is 0 Å². The molecule has 2 fully saturated rings. The van der Waals surface area contributed by atoms with Crippen LogP contribution in [0.3, 0.4) is 0 Å². The van der Waals surface area contributed by atoms with Crippen molar-refractivity contribution in [2.75, 3.05) is 13.1 Å². The second kappa shape index (κ2) is 6.90. The van der Waals surface area contributed by atoms with Gasteiger partial charge in [-0.2, -0.15) is 0 Å². The fraction of sp³-hybridized carbons (Fsp3) is 0.938. The highest BCUT2D eigenvalue weighted by Gasteiger charge is 2.38. The second-order valence-corrected chi connectivity index (χ2v) is 6.94. The van der Waals surface area contributed by atoms with Gasteiger partial charge in [0.2, 0.25) is 5.91 Å². The molecule has 2 rings (SSSR count). The summed E-state index contributed by atoms with van der Waals surface area (Å²) in [6.45, 7) is 7.80. The molecule has 0 bridgehead atoms. The number of aliphatic hydroxyl groups is 1. The van der Waals surface area contributed by atoms with Crippen LogP contribution in [0.15, 0.2) is 0 Å². The Bertz CT molecular complexity index is 332. The van der Waals surface area contributed by atoms with Gasteiger partial charge in [-0.05, 0) is 45.1 Å². The van der Waals surface area contributed by atoms with E-state index >= 15 is 0 Å². The van der Waals surface area contributed by atoms with Gasteiger partial charge in [0.15, 0.2) is 0 Å². The van der Waals surface area contributed by atoms with Crippen LogP contribution in [0.1, 0.15) is 52.9 Å². The highest BCUT2D eigenvalue weighted by Crippen LogP contribution is 2.35. The summed E-state index contributed by atoms with van der Waals surface area (Å²) < 4.78 is 0. The Hall–Kier alpha value is -0.610. The lowest BCUT2D eigenvalue weighted by atomic mass is 9.94. The summed E-state index contributed by atoms with van der Waals surface area (Å²) in [5.41, 5.74) is 0. The average Bonchev–Trinajstić information content (AvgIpc) is 2.97. The Labute approximate surface area is 122 Å². The van der Waals surface area contributed by atoms with Gasteiger partial charge >= 0.3 is 0 Å². The number of aliphatic hydroxyl groups excluding tert-OH is 1. The Morgan fingerprint density at radius 2 is 2.00 bits per heavy atom. The van der Waals surface area contributed by atoms with Crippen molar-refractivity contribution in [3.05, 3.63) is 0 Å². The normalized spacial score (nSPS) is 32.8. The molecule has 20 heavy (non-hydrogen) atoms. The lowest BCUT2D eigenvalue weighted by molar-refractivity contribution is -0.123.